The van der Waals surface area contributed by atoms with Gasteiger partial charge in [-0.05, 0) is 39.7 Å². The van der Waals surface area contributed by atoms with Crippen LogP contribution in [0.25, 0.3) is 0 Å². The average Bonchev–Trinajstić information content (AvgIpc) is 3.18. The first-order valence-corrected chi connectivity index (χ1v) is 7.21. The second-order valence-electron chi connectivity index (χ2n) is 6.49. The van der Waals surface area contributed by atoms with Crippen LogP contribution in [-0.4, -0.2) is 16.7 Å². The fourth-order valence-corrected chi connectivity index (χ4v) is 1.99. The molecule has 1 aromatic heterocycles. The number of rotatable bonds is 3. The van der Waals surface area contributed by atoms with Gasteiger partial charge in [0.25, 0.3) is 0 Å². The van der Waals surface area contributed by atoms with Gasteiger partial charge in [0.05, 0.1) is 5.69 Å². The molecule has 1 aliphatic rings. The van der Waals surface area contributed by atoms with Crippen LogP contribution in [0.2, 0.25) is 0 Å². The van der Waals surface area contributed by atoms with Gasteiger partial charge < -0.3 is 10.1 Å². The molecule has 0 spiro atoms. The van der Waals surface area contributed by atoms with E-state index >= 15 is 0 Å². The van der Waals surface area contributed by atoms with E-state index in [-0.39, 0.29) is 17.2 Å². The SMILES string of the molecule is CC(C)(C)OC(=O)NCc1cc(C(F)(F)F)nc(C2CC2)c1F. The molecule has 4 nitrogen and oxygen atoms in total. The van der Waals surface area contributed by atoms with Crippen molar-refractivity contribution in [2.24, 2.45) is 0 Å². The first-order chi connectivity index (χ1) is 10.5. The number of amides is 1. The number of nitrogens with one attached hydrogen (secondary N) is 1. The number of hydrogen-bond donors (Lipinski definition) is 1. The third-order valence-corrected chi connectivity index (χ3v) is 3.14. The van der Waals surface area contributed by atoms with Gasteiger partial charge in [-0.2, -0.15) is 13.2 Å². The zero-order chi connectivity index (χ0) is 17.4. The van der Waals surface area contributed by atoms with E-state index in [1.165, 1.54) is 0 Å². The third kappa shape index (κ3) is 4.80. The average molecular weight is 334 g/mol. The van der Waals surface area contributed by atoms with Crippen LogP contribution in [0, 0.1) is 5.82 Å². The fourth-order valence-electron chi connectivity index (χ4n) is 1.99. The second kappa shape index (κ2) is 5.98. The molecule has 2 rings (SSSR count). The summed E-state index contributed by atoms with van der Waals surface area (Å²) in [7, 11) is 0. The molecule has 0 aromatic carbocycles. The summed E-state index contributed by atoms with van der Waals surface area (Å²) in [6.45, 7) is 4.54. The maximum absolute atomic E-state index is 14.3. The number of hydrogen-bond acceptors (Lipinski definition) is 3. The molecular formula is C15H18F4N2O2. The molecule has 0 aliphatic heterocycles. The molecule has 0 bridgehead atoms. The van der Waals surface area contributed by atoms with Crippen molar-refractivity contribution >= 4 is 6.09 Å². The van der Waals surface area contributed by atoms with Gasteiger partial charge >= 0.3 is 12.3 Å². The van der Waals surface area contributed by atoms with Gasteiger partial charge in [-0.15, -0.1) is 0 Å². The van der Waals surface area contributed by atoms with Crippen LogP contribution in [0.15, 0.2) is 6.07 Å². The minimum atomic E-state index is -4.67. The van der Waals surface area contributed by atoms with Gasteiger partial charge in [0, 0.05) is 18.0 Å². The van der Waals surface area contributed by atoms with Crippen molar-refractivity contribution in [3.05, 3.63) is 28.8 Å². The molecule has 1 saturated carbocycles. The van der Waals surface area contributed by atoms with Gasteiger partial charge in [0.1, 0.15) is 17.1 Å². The van der Waals surface area contributed by atoms with E-state index in [1.54, 1.807) is 20.8 Å². The van der Waals surface area contributed by atoms with E-state index in [2.05, 4.69) is 10.3 Å². The van der Waals surface area contributed by atoms with E-state index in [0.717, 1.165) is 0 Å². The topological polar surface area (TPSA) is 51.2 Å². The number of ether oxygens (including phenoxy) is 1. The summed E-state index contributed by atoms with van der Waals surface area (Å²) in [5.41, 5.74) is -2.33. The number of alkyl carbamates (subject to hydrolysis) is 1. The molecule has 128 valence electrons. The highest BCUT2D eigenvalue weighted by atomic mass is 19.4. The zero-order valence-electron chi connectivity index (χ0n) is 13.1. The van der Waals surface area contributed by atoms with Crippen molar-refractivity contribution in [2.75, 3.05) is 0 Å². The Morgan fingerprint density at radius 3 is 2.43 bits per heavy atom. The lowest BCUT2D eigenvalue weighted by atomic mass is 10.1. The Kier molecular flexibility index (Phi) is 4.54. The Morgan fingerprint density at radius 2 is 1.96 bits per heavy atom. The van der Waals surface area contributed by atoms with Gasteiger partial charge in [0.15, 0.2) is 0 Å². The number of carbonyl (C=O) groups excluding carboxylic acids is 1. The molecule has 1 N–H and O–H groups in total. The molecule has 0 saturated heterocycles. The molecular weight excluding hydrogens is 316 g/mol. The first-order valence-electron chi connectivity index (χ1n) is 7.21. The maximum Gasteiger partial charge on any atom is 0.433 e. The standard InChI is InChI=1S/C15H18F4N2O2/c1-14(2,3)23-13(22)20-7-9-6-10(15(17,18)19)21-12(11(9)16)8-4-5-8/h6,8H,4-5,7H2,1-3H3,(H,20,22). The van der Waals surface area contributed by atoms with E-state index < -0.39 is 35.9 Å². The molecule has 0 radical (unpaired) electrons. The molecule has 1 heterocycles. The molecule has 0 atom stereocenters. The van der Waals surface area contributed by atoms with Crippen molar-refractivity contribution in [3.63, 3.8) is 0 Å². The number of pyridine rings is 1. The highest BCUT2D eigenvalue weighted by Gasteiger charge is 2.37. The summed E-state index contributed by atoms with van der Waals surface area (Å²) in [6.07, 6.45) is -4.26. The Bertz CT molecular complexity index is 605. The van der Waals surface area contributed by atoms with Crippen molar-refractivity contribution in [2.45, 2.75) is 57.9 Å². The van der Waals surface area contributed by atoms with Crippen LogP contribution < -0.4 is 5.32 Å². The van der Waals surface area contributed by atoms with E-state index in [1.807, 2.05) is 0 Å². The van der Waals surface area contributed by atoms with Crippen LogP contribution in [-0.2, 0) is 17.5 Å². The molecule has 1 amide bonds. The van der Waals surface area contributed by atoms with Crippen LogP contribution >= 0.6 is 0 Å². The molecule has 0 unspecified atom stereocenters. The lowest BCUT2D eigenvalue weighted by Crippen LogP contribution is -2.32. The third-order valence-electron chi connectivity index (χ3n) is 3.14. The summed E-state index contributed by atoms with van der Waals surface area (Å²) < 4.78 is 57.9. The number of aromatic nitrogens is 1. The van der Waals surface area contributed by atoms with Crippen LogP contribution in [0.1, 0.15) is 56.5 Å². The van der Waals surface area contributed by atoms with Crippen molar-refractivity contribution in [3.8, 4) is 0 Å². The molecule has 1 aliphatic carbocycles. The summed E-state index contributed by atoms with van der Waals surface area (Å²) in [6, 6.07) is 0.624. The summed E-state index contributed by atoms with van der Waals surface area (Å²) in [5, 5.41) is 2.27. The lowest BCUT2D eigenvalue weighted by Gasteiger charge is -2.20. The minimum Gasteiger partial charge on any atom is -0.444 e. The van der Waals surface area contributed by atoms with Gasteiger partial charge in [-0.3, -0.25) is 0 Å². The Labute approximate surface area is 131 Å². The molecule has 1 fully saturated rings. The van der Waals surface area contributed by atoms with Gasteiger partial charge in [-0.1, -0.05) is 0 Å². The monoisotopic (exact) mass is 334 g/mol. The van der Waals surface area contributed by atoms with Crippen molar-refractivity contribution in [1.82, 2.24) is 10.3 Å². The highest BCUT2D eigenvalue weighted by Crippen LogP contribution is 2.42. The van der Waals surface area contributed by atoms with Crippen molar-refractivity contribution in [1.29, 1.82) is 0 Å². The summed E-state index contributed by atoms with van der Waals surface area (Å²) in [5.74, 6) is -1.07. The highest BCUT2D eigenvalue weighted by molar-refractivity contribution is 5.67. The van der Waals surface area contributed by atoms with Crippen LogP contribution in [0.5, 0.6) is 0 Å². The van der Waals surface area contributed by atoms with E-state index in [4.69, 9.17) is 4.74 Å². The minimum absolute atomic E-state index is 0.180. The first kappa shape index (κ1) is 17.5. The molecule has 8 heteroatoms. The Hall–Kier alpha value is -1.86. The molecule has 1 aromatic rings. The Balaban J connectivity index is 2.20. The van der Waals surface area contributed by atoms with E-state index in [0.29, 0.717) is 18.9 Å². The largest absolute Gasteiger partial charge is 0.444 e. The molecule has 23 heavy (non-hydrogen) atoms. The number of nitrogens with zero attached hydrogens (tertiary/aromatic N) is 1. The maximum atomic E-state index is 14.3. The van der Waals surface area contributed by atoms with Crippen LogP contribution in [0.4, 0.5) is 22.4 Å². The van der Waals surface area contributed by atoms with Crippen molar-refractivity contribution < 1.29 is 27.1 Å². The number of carbonyl (C=O) groups is 1. The predicted octanol–water partition coefficient (Wildman–Crippen LogP) is 4.14. The normalized spacial score (nSPS) is 15.4. The number of halogens is 4. The smallest absolute Gasteiger partial charge is 0.433 e. The summed E-state index contributed by atoms with van der Waals surface area (Å²) >= 11 is 0. The van der Waals surface area contributed by atoms with Gasteiger partial charge in [-0.25, -0.2) is 14.2 Å². The van der Waals surface area contributed by atoms with Crippen LogP contribution in [0.3, 0.4) is 0 Å². The summed E-state index contributed by atoms with van der Waals surface area (Å²) in [4.78, 5) is 15.0. The van der Waals surface area contributed by atoms with E-state index in [9.17, 15) is 22.4 Å². The number of alkyl halides is 3. The predicted molar refractivity (Wildman–Crippen MR) is 74.2 cm³/mol. The lowest BCUT2D eigenvalue weighted by molar-refractivity contribution is -0.141. The quantitative estimate of drug-likeness (QED) is 0.845. The second-order valence-corrected chi connectivity index (χ2v) is 6.49. The Morgan fingerprint density at radius 1 is 1.35 bits per heavy atom. The fraction of sp³-hybridized carbons (Fsp3) is 0.600. The zero-order valence-corrected chi connectivity index (χ0v) is 13.1. The van der Waals surface area contributed by atoms with Gasteiger partial charge in [0.2, 0.25) is 0 Å².